The van der Waals surface area contributed by atoms with Crippen molar-refractivity contribution < 1.29 is 0 Å². The monoisotopic (exact) mass is 266 g/mol. The summed E-state index contributed by atoms with van der Waals surface area (Å²) in [5.74, 6) is 1.64. The number of allylic oxidation sites excluding steroid dienone is 2. The lowest BCUT2D eigenvalue weighted by Crippen LogP contribution is -2.35. The van der Waals surface area contributed by atoms with Crippen molar-refractivity contribution in [2.24, 2.45) is 5.92 Å². The molecule has 0 N–H and O–H groups in total. The van der Waals surface area contributed by atoms with Gasteiger partial charge in [-0.2, -0.15) is 0 Å². The van der Waals surface area contributed by atoms with Gasteiger partial charge in [-0.25, -0.2) is 0 Å². The fourth-order valence-electron chi connectivity index (χ4n) is 5.26. The van der Waals surface area contributed by atoms with E-state index in [1.54, 1.807) is 22.3 Å². The molecule has 1 fully saturated rings. The molecule has 1 spiro atoms. The maximum Gasteiger partial charge on any atom is 0.00273 e. The highest BCUT2D eigenvalue weighted by Crippen LogP contribution is 2.59. The molecule has 0 saturated heterocycles. The average Bonchev–Trinajstić information content (AvgIpc) is 3.07. The molecule has 1 saturated carbocycles. The zero-order valence-corrected chi connectivity index (χ0v) is 12.9. The van der Waals surface area contributed by atoms with E-state index in [1.807, 2.05) is 0 Å². The lowest BCUT2D eigenvalue weighted by molar-refractivity contribution is 0.269. The molecule has 0 nitrogen and oxygen atoms in total. The van der Waals surface area contributed by atoms with Crippen LogP contribution in [0.4, 0.5) is 0 Å². The van der Waals surface area contributed by atoms with Crippen molar-refractivity contribution in [1.29, 1.82) is 0 Å². The van der Waals surface area contributed by atoms with Gasteiger partial charge in [-0.1, -0.05) is 43.7 Å². The van der Waals surface area contributed by atoms with Crippen molar-refractivity contribution >= 4 is 0 Å². The van der Waals surface area contributed by atoms with Crippen LogP contribution in [-0.2, 0) is 11.8 Å². The van der Waals surface area contributed by atoms with E-state index < -0.39 is 0 Å². The standard InChI is InChI=1S/C20H26/c1-3-14(2)17-6-4-8-19-18(17)7-5-11-20(19)13-15-9-10-16(20)12-15/h4,6,8-9,14,16H,3,5,7,10-13H2,1-2H3. The normalized spacial score (nSPS) is 32.3. The van der Waals surface area contributed by atoms with Crippen LogP contribution in [0.2, 0.25) is 0 Å². The predicted octanol–water partition coefficient (Wildman–Crippen LogP) is 5.51. The molecule has 0 heteroatoms. The predicted molar refractivity (Wildman–Crippen MR) is 85.2 cm³/mol. The van der Waals surface area contributed by atoms with Gasteiger partial charge in [-0.3, -0.25) is 0 Å². The summed E-state index contributed by atoms with van der Waals surface area (Å²) in [7, 11) is 0. The quantitative estimate of drug-likeness (QED) is 0.619. The molecule has 3 aliphatic rings. The Morgan fingerprint density at radius 2 is 2.25 bits per heavy atom. The van der Waals surface area contributed by atoms with Crippen molar-refractivity contribution in [3.63, 3.8) is 0 Å². The van der Waals surface area contributed by atoms with Gasteiger partial charge in [-0.15, -0.1) is 0 Å². The van der Waals surface area contributed by atoms with Gasteiger partial charge in [0, 0.05) is 5.41 Å². The van der Waals surface area contributed by atoms with Crippen molar-refractivity contribution in [3.05, 3.63) is 46.5 Å². The van der Waals surface area contributed by atoms with E-state index in [2.05, 4.69) is 38.1 Å². The lowest BCUT2D eigenvalue weighted by atomic mass is 9.61. The van der Waals surface area contributed by atoms with Crippen LogP contribution in [0.5, 0.6) is 0 Å². The third-order valence-electron chi connectivity index (χ3n) is 6.47. The Kier molecular flexibility index (Phi) is 2.84. The zero-order chi connectivity index (χ0) is 13.7. The summed E-state index contributed by atoms with van der Waals surface area (Å²) in [5.41, 5.74) is 7.43. The van der Waals surface area contributed by atoms with E-state index in [9.17, 15) is 0 Å². The van der Waals surface area contributed by atoms with Gasteiger partial charge in [0.05, 0.1) is 0 Å². The highest BCUT2D eigenvalue weighted by Gasteiger charge is 2.50. The zero-order valence-electron chi connectivity index (χ0n) is 12.9. The second-order valence-electron chi connectivity index (χ2n) is 7.37. The minimum Gasteiger partial charge on any atom is -0.0850 e. The lowest BCUT2D eigenvalue weighted by Gasteiger charge is -2.42. The minimum absolute atomic E-state index is 0.529. The number of rotatable bonds is 2. The van der Waals surface area contributed by atoms with E-state index in [4.69, 9.17) is 0 Å². The summed E-state index contributed by atoms with van der Waals surface area (Å²) in [6.45, 7) is 4.73. The summed E-state index contributed by atoms with van der Waals surface area (Å²) in [6.07, 6.45) is 12.1. The average molecular weight is 266 g/mol. The second kappa shape index (κ2) is 4.48. The summed E-state index contributed by atoms with van der Waals surface area (Å²) in [5, 5.41) is 0. The number of fused-ring (bicyclic) bond motifs is 5. The van der Waals surface area contributed by atoms with Crippen molar-refractivity contribution in [2.45, 2.75) is 70.1 Å². The Morgan fingerprint density at radius 3 is 2.95 bits per heavy atom. The van der Waals surface area contributed by atoms with Crippen LogP contribution in [0.25, 0.3) is 0 Å². The molecule has 3 aliphatic carbocycles. The van der Waals surface area contributed by atoms with Crippen molar-refractivity contribution in [3.8, 4) is 0 Å². The fourth-order valence-corrected chi connectivity index (χ4v) is 5.26. The third kappa shape index (κ3) is 1.60. The molecule has 4 rings (SSSR count). The van der Waals surface area contributed by atoms with Gasteiger partial charge in [0.2, 0.25) is 0 Å². The van der Waals surface area contributed by atoms with Crippen LogP contribution in [0.3, 0.4) is 0 Å². The van der Waals surface area contributed by atoms with E-state index in [0.717, 1.165) is 11.8 Å². The first-order valence-corrected chi connectivity index (χ1v) is 8.55. The number of benzene rings is 1. The summed E-state index contributed by atoms with van der Waals surface area (Å²) < 4.78 is 0. The maximum absolute atomic E-state index is 2.53. The number of hydrogen-bond donors (Lipinski definition) is 0. The van der Waals surface area contributed by atoms with Crippen LogP contribution < -0.4 is 0 Å². The maximum atomic E-state index is 2.53. The van der Waals surface area contributed by atoms with Gasteiger partial charge >= 0.3 is 0 Å². The Bertz CT molecular complexity index is 565. The molecule has 3 atom stereocenters. The molecule has 1 aromatic rings. The van der Waals surface area contributed by atoms with Crippen LogP contribution in [-0.4, -0.2) is 0 Å². The SMILES string of the molecule is CCC(C)c1cccc2c1CCCC21CC2=CCC1C2. The first-order valence-electron chi connectivity index (χ1n) is 8.55. The molecule has 0 radical (unpaired) electrons. The second-order valence-corrected chi connectivity index (χ2v) is 7.37. The molecule has 20 heavy (non-hydrogen) atoms. The van der Waals surface area contributed by atoms with E-state index in [1.165, 1.54) is 44.9 Å². The van der Waals surface area contributed by atoms with Gasteiger partial charge < -0.3 is 0 Å². The van der Waals surface area contributed by atoms with Gasteiger partial charge in [0.25, 0.3) is 0 Å². The fraction of sp³-hybridized carbons (Fsp3) is 0.600. The van der Waals surface area contributed by atoms with Crippen LogP contribution >= 0.6 is 0 Å². The molecule has 106 valence electrons. The molecule has 0 heterocycles. The molecule has 0 aliphatic heterocycles. The van der Waals surface area contributed by atoms with Crippen LogP contribution in [0.15, 0.2) is 29.8 Å². The first-order chi connectivity index (χ1) is 9.74. The Morgan fingerprint density at radius 1 is 1.35 bits per heavy atom. The van der Waals surface area contributed by atoms with Gasteiger partial charge in [0.1, 0.15) is 0 Å². The first kappa shape index (κ1) is 12.7. The molecule has 2 bridgehead atoms. The highest BCUT2D eigenvalue weighted by atomic mass is 14.5. The smallest absolute Gasteiger partial charge is 0.00273 e. The summed E-state index contributed by atoms with van der Waals surface area (Å²) >= 11 is 0. The third-order valence-corrected chi connectivity index (χ3v) is 6.47. The highest BCUT2D eigenvalue weighted by molar-refractivity contribution is 5.48. The van der Waals surface area contributed by atoms with Gasteiger partial charge in [-0.05, 0) is 73.5 Å². The molecular formula is C20H26. The van der Waals surface area contributed by atoms with Crippen molar-refractivity contribution in [2.75, 3.05) is 0 Å². The molecular weight excluding hydrogens is 240 g/mol. The van der Waals surface area contributed by atoms with Crippen LogP contribution in [0, 0.1) is 5.92 Å². The summed E-state index contributed by atoms with van der Waals surface area (Å²) in [4.78, 5) is 0. The number of hydrogen-bond acceptors (Lipinski definition) is 0. The van der Waals surface area contributed by atoms with E-state index in [-0.39, 0.29) is 0 Å². The Balaban J connectivity index is 1.85. The molecule has 3 unspecified atom stereocenters. The molecule has 0 amide bonds. The van der Waals surface area contributed by atoms with E-state index >= 15 is 0 Å². The Labute approximate surface area is 123 Å². The Hall–Kier alpha value is -1.04. The minimum atomic E-state index is 0.529. The van der Waals surface area contributed by atoms with Gasteiger partial charge in [0.15, 0.2) is 0 Å². The molecule has 0 aromatic heterocycles. The topological polar surface area (TPSA) is 0 Å². The van der Waals surface area contributed by atoms with Crippen LogP contribution in [0.1, 0.15) is 75.0 Å². The summed E-state index contributed by atoms with van der Waals surface area (Å²) in [6, 6.07) is 7.22. The molecule has 1 aromatic carbocycles. The van der Waals surface area contributed by atoms with E-state index in [0.29, 0.717) is 5.41 Å². The largest absolute Gasteiger partial charge is 0.0850 e. The van der Waals surface area contributed by atoms with Crippen molar-refractivity contribution in [1.82, 2.24) is 0 Å².